The van der Waals surface area contributed by atoms with Gasteiger partial charge in [0.2, 0.25) is 0 Å². The molecule has 0 aliphatic carbocycles. The van der Waals surface area contributed by atoms with Crippen LogP contribution in [0.2, 0.25) is 0 Å². The van der Waals surface area contributed by atoms with Crippen LogP contribution in [0, 0.1) is 6.92 Å². The van der Waals surface area contributed by atoms with Gasteiger partial charge >= 0.3 is 0 Å². The van der Waals surface area contributed by atoms with Crippen LogP contribution in [0.1, 0.15) is 89.5 Å². The van der Waals surface area contributed by atoms with Crippen molar-refractivity contribution in [3.63, 3.8) is 0 Å². The van der Waals surface area contributed by atoms with Crippen LogP contribution < -0.4 is 0 Å². The number of carbonyl (C=O) groups excluding carboxylic acids is 1. The van der Waals surface area contributed by atoms with Crippen molar-refractivity contribution < 1.29 is 13.6 Å². The first kappa shape index (κ1) is 25.0. The topological polar surface area (TPSA) is 17.1 Å². The molecule has 0 amide bonds. The normalized spacial score (nSPS) is 13.8. The molecule has 0 saturated carbocycles. The zero-order valence-electron chi connectivity index (χ0n) is 19.1. The molecule has 29 heavy (non-hydrogen) atoms. The van der Waals surface area contributed by atoms with Crippen LogP contribution in [0.25, 0.3) is 11.1 Å². The number of carbonyl (C=O) groups is 1. The summed E-state index contributed by atoms with van der Waals surface area (Å²) in [6.07, 6.45) is 7.49. The second-order valence-electron chi connectivity index (χ2n) is 7.76. The Morgan fingerprint density at radius 1 is 1.07 bits per heavy atom. The predicted octanol–water partition coefficient (Wildman–Crippen LogP) is 8.11. The summed E-state index contributed by atoms with van der Waals surface area (Å²) in [6.45, 7) is 13.3. The van der Waals surface area contributed by atoms with Crippen LogP contribution in [0.15, 0.2) is 35.9 Å². The number of rotatable bonds is 10. The molecule has 0 fully saturated rings. The number of ketones is 1. The highest BCUT2D eigenvalue weighted by molar-refractivity contribution is 5.99. The van der Waals surface area contributed by atoms with E-state index in [0.717, 1.165) is 59.3 Å². The van der Waals surface area contributed by atoms with Crippen molar-refractivity contribution in [3.8, 4) is 0 Å². The lowest BCUT2D eigenvalue weighted by Gasteiger charge is -2.25. The minimum Gasteiger partial charge on any atom is -0.295 e. The SMILES string of the molecule is CC/C=C/C(F)(F)/C(=C/C(C)=O)c1c(CCCC)ccc(C)c1/C(C)=C(\C)CC. The molecular weight excluding hydrogens is 366 g/mol. The summed E-state index contributed by atoms with van der Waals surface area (Å²) in [7, 11) is 0. The lowest BCUT2D eigenvalue weighted by Crippen LogP contribution is -2.19. The summed E-state index contributed by atoms with van der Waals surface area (Å²) in [5, 5.41) is 0. The van der Waals surface area contributed by atoms with Gasteiger partial charge < -0.3 is 0 Å². The van der Waals surface area contributed by atoms with Crippen LogP contribution in [0.5, 0.6) is 0 Å². The third-order valence-electron chi connectivity index (χ3n) is 5.38. The predicted molar refractivity (Wildman–Crippen MR) is 121 cm³/mol. The Balaban J connectivity index is 4.01. The van der Waals surface area contributed by atoms with Gasteiger partial charge in [-0.1, -0.05) is 51.0 Å². The van der Waals surface area contributed by atoms with Crippen molar-refractivity contribution in [2.75, 3.05) is 0 Å². The van der Waals surface area contributed by atoms with E-state index in [2.05, 4.69) is 13.8 Å². The van der Waals surface area contributed by atoms with Gasteiger partial charge in [0.1, 0.15) is 0 Å². The van der Waals surface area contributed by atoms with Crippen molar-refractivity contribution >= 4 is 16.9 Å². The number of hydrogen-bond acceptors (Lipinski definition) is 1. The Hall–Kier alpha value is -2.03. The van der Waals surface area contributed by atoms with Crippen molar-refractivity contribution in [1.82, 2.24) is 0 Å². The van der Waals surface area contributed by atoms with Crippen LogP contribution >= 0.6 is 0 Å². The standard InChI is InChI=1S/C26H36F2O/c1-8-11-13-22-15-14-19(5)24(21(7)18(4)10-3)25(22)23(17-20(6)29)26(27,28)16-12-9-2/h12,14-17H,8-11,13H2,1-7H3/b16-12+,21-18+,23-17+. The first-order valence-corrected chi connectivity index (χ1v) is 10.7. The van der Waals surface area contributed by atoms with Gasteiger partial charge in [0.25, 0.3) is 5.92 Å². The summed E-state index contributed by atoms with van der Waals surface area (Å²) in [6, 6.07) is 3.97. The third-order valence-corrected chi connectivity index (χ3v) is 5.38. The van der Waals surface area contributed by atoms with E-state index in [0.29, 0.717) is 18.4 Å². The molecule has 0 bridgehead atoms. The number of allylic oxidation sites excluding steroid dienone is 6. The fourth-order valence-electron chi connectivity index (χ4n) is 3.49. The molecule has 0 atom stereocenters. The van der Waals surface area contributed by atoms with Crippen LogP contribution in [-0.4, -0.2) is 11.7 Å². The van der Waals surface area contributed by atoms with E-state index < -0.39 is 5.92 Å². The number of halogens is 2. The summed E-state index contributed by atoms with van der Waals surface area (Å²) in [4.78, 5) is 12.0. The number of hydrogen-bond donors (Lipinski definition) is 0. The van der Waals surface area contributed by atoms with Crippen molar-refractivity contribution in [1.29, 1.82) is 0 Å². The van der Waals surface area contributed by atoms with Crippen molar-refractivity contribution in [3.05, 3.63) is 58.2 Å². The van der Waals surface area contributed by atoms with E-state index in [4.69, 9.17) is 0 Å². The van der Waals surface area contributed by atoms with E-state index in [1.54, 1.807) is 0 Å². The Morgan fingerprint density at radius 3 is 2.24 bits per heavy atom. The molecular formula is C26H36F2O. The summed E-state index contributed by atoms with van der Waals surface area (Å²) < 4.78 is 30.7. The third kappa shape index (κ3) is 6.48. The van der Waals surface area contributed by atoms with Crippen LogP contribution in [0.3, 0.4) is 0 Å². The zero-order valence-corrected chi connectivity index (χ0v) is 19.1. The van der Waals surface area contributed by atoms with Gasteiger partial charge in [0.05, 0.1) is 0 Å². The first-order chi connectivity index (χ1) is 13.6. The largest absolute Gasteiger partial charge is 0.295 e. The molecule has 0 heterocycles. The molecule has 1 aromatic rings. The van der Waals surface area contributed by atoms with Gasteiger partial charge in [-0.2, -0.15) is 8.78 Å². The molecule has 0 N–H and O–H groups in total. The highest BCUT2D eigenvalue weighted by atomic mass is 19.3. The molecule has 0 radical (unpaired) electrons. The van der Waals surface area contributed by atoms with Gasteiger partial charge in [-0.05, 0) is 93.4 Å². The van der Waals surface area contributed by atoms with E-state index in [1.807, 2.05) is 39.8 Å². The number of unbranched alkanes of at least 4 members (excludes halogenated alkanes) is 1. The van der Waals surface area contributed by atoms with Crippen molar-refractivity contribution in [2.24, 2.45) is 0 Å². The van der Waals surface area contributed by atoms with Crippen molar-refractivity contribution in [2.45, 2.75) is 86.5 Å². The number of benzene rings is 1. The van der Waals surface area contributed by atoms with Crippen LogP contribution in [-0.2, 0) is 11.2 Å². The molecule has 0 saturated heterocycles. The molecule has 1 aromatic carbocycles. The quantitative estimate of drug-likeness (QED) is 0.285. The lowest BCUT2D eigenvalue weighted by atomic mass is 9.82. The first-order valence-electron chi connectivity index (χ1n) is 10.7. The summed E-state index contributed by atoms with van der Waals surface area (Å²) >= 11 is 0. The molecule has 3 heteroatoms. The summed E-state index contributed by atoms with van der Waals surface area (Å²) in [5.41, 5.74) is 5.20. The van der Waals surface area contributed by atoms with E-state index in [9.17, 15) is 4.79 Å². The Bertz CT molecular complexity index is 810. The summed E-state index contributed by atoms with van der Waals surface area (Å²) in [5.74, 6) is -3.58. The maximum atomic E-state index is 15.4. The highest BCUT2D eigenvalue weighted by Gasteiger charge is 2.35. The monoisotopic (exact) mass is 402 g/mol. The lowest BCUT2D eigenvalue weighted by molar-refractivity contribution is -0.112. The molecule has 0 spiro atoms. The average Bonchev–Trinajstić information content (AvgIpc) is 2.68. The second-order valence-corrected chi connectivity index (χ2v) is 7.76. The molecule has 0 unspecified atom stereocenters. The fraction of sp³-hybridized carbons (Fsp3) is 0.500. The number of aryl methyl sites for hydroxylation is 2. The van der Waals surface area contributed by atoms with Gasteiger partial charge in [0.15, 0.2) is 5.78 Å². The smallest absolute Gasteiger partial charge is 0.292 e. The average molecular weight is 403 g/mol. The van der Waals surface area contributed by atoms with E-state index in [-0.39, 0.29) is 11.4 Å². The highest BCUT2D eigenvalue weighted by Crippen LogP contribution is 2.42. The maximum Gasteiger partial charge on any atom is 0.292 e. The van der Waals surface area contributed by atoms with E-state index in [1.165, 1.54) is 13.0 Å². The zero-order chi connectivity index (χ0) is 22.2. The van der Waals surface area contributed by atoms with Crippen LogP contribution in [0.4, 0.5) is 8.78 Å². The molecule has 0 aliphatic rings. The maximum absolute atomic E-state index is 15.4. The number of alkyl halides is 2. The Kier molecular flexibility index (Phi) is 9.68. The molecule has 0 aliphatic heterocycles. The Morgan fingerprint density at radius 2 is 1.72 bits per heavy atom. The van der Waals surface area contributed by atoms with Gasteiger partial charge in [0, 0.05) is 5.57 Å². The van der Waals surface area contributed by atoms with Gasteiger partial charge in [-0.25, -0.2) is 0 Å². The molecule has 1 rings (SSSR count). The molecule has 1 nitrogen and oxygen atoms in total. The fourth-order valence-corrected chi connectivity index (χ4v) is 3.49. The molecule has 0 aromatic heterocycles. The Labute approximate surface area is 175 Å². The van der Waals surface area contributed by atoms with E-state index >= 15 is 8.78 Å². The van der Waals surface area contributed by atoms with Gasteiger partial charge in [-0.3, -0.25) is 4.79 Å². The minimum atomic E-state index is -3.22. The molecule has 160 valence electrons. The minimum absolute atomic E-state index is 0.192. The van der Waals surface area contributed by atoms with Gasteiger partial charge in [-0.15, -0.1) is 0 Å². The second kappa shape index (κ2) is 11.2.